The van der Waals surface area contributed by atoms with E-state index in [9.17, 15) is 23.9 Å². The molecule has 1 saturated heterocycles. The van der Waals surface area contributed by atoms with Gasteiger partial charge in [-0.25, -0.2) is 9.87 Å². The number of piperidine rings is 1. The number of carbonyl (C=O) groups excluding carboxylic acids is 3. The molecule has 1 heterocycles. The number of nitrogens with zero attached hydrogens (tertiary/aromatic N) is 1. The summed E-state index contributed by atoms with van der Waals surface area (Å²) in [7, 11) is 0. The number of rotatable bonds is 9. The lowest BCUT2D eigenvalue weighted by Crippen LogP contribution is -2.51. The van der Waals surface area contributed by atoms with Crippen molar-refractivity contribution >= 4 is 23.4 Å². The summed E-state index contributed by atoms with van der Waals surface area (Å²) >= 11 is 0. The SMILES string of the molecule is C[C@@H](O)[C@H](NC(=O)c1ccc(-c2ccc(NC(=O)CN3CCC(c4ccccc4F)CC3)cc2)cc1)C(=O)NO. The van der Waals surface area contributed by atoms with E-state index >= 15 is 0 Å². The van der Waals surface area contributed by atoms with Gasteiger partial charge in [-0.15, -0.1) is 0 Å². The van der Waals surface area contributed by atoms with Gasteiger partial charge < -0.3 is 15.7 Å². The lowest BCUT2D eigenvalue weighted by molar-refractivity contribution is -0.133. The van der Waals surface area contributed by atoms with E-state index in [4.69, 9.17) is 5.21 Å². The molecule has 0 saturated carbocycles. The number of nitrogens with one attached hydrogen (secondary N) is 3. The van der Waals surface area contributed by atoms with Crippen LogP contribution in [0.15, 0.2) is 72.8 Å². The summed E-state index contributed by atoms with van der Waals surface area (Å²) in [6, 6.07) is 19.6. The summed E-state index contributed by atoms with van der Waals surface area (Å²) in [5, 5.41) is 23.8. The van der Waals surface area contributed by atoms with E-state index in [0.717, 1.165) is 42.6 Å². The van der Waals surface area contributed by atoms with E-state index in [0.29, 0.717) is 5.69 Å². The van der Waals surface area contributed by atoms with E-state index in [1.807, 2.05) is 24.3 Å². The van der Waals surface area contributed by atoms with Crippen LogP contribution in [-0.4, -0.2) is 64.7 Å². The van der Waals surface area contributed by atoms with Crippen molar-refractivity contribution in [2.24, 2.45) is 0 Å². The fraction of sp³-hybridized carbons (Fsp3) is 0.300. The molecule has 3 amide bonds. The van der Waals surface area contributed by atoms with Crippen LogP contribution in [-0.2, 0) is 9.59 Å². The first-order valence-electron chi connectivity index (χ1n) is 13.1. The largest absolute Gasteiger partial charge is 0.391 e. The van der Waals surface area contributed by atoms with Gasteiger partial charge in [-0.05, 0) is 85.8 Å². The summed E-state index contributed by atoms with van der Waals surface area (Å²) in [6.45, 7) is 3.06. The average molecular weight is 549 g/mol. The monoisotopic (exact) mass is 548 g/mol. The quantitative estimate of drug-likeness (QED) is 0.206. The molecule has 0 radical (unpaired) electrons. The molecule has 3 aromatic carbocycles. The minimum absolute atomic E-state index is 0.113. The first kappa shape index (κ1) is 28.9. The van der Waals surface area contributed by atoms with Crippen LogP contribution in [0.2, 0.25) is 0 Å². The van der Waals surface area contributed by atoms with Crippen molar-refractivity contribution in [2.75, 3.05) is 25.0 Å². The number of benzene rings is 3. The zero-order valence-corrected chi connectivity index (χ0v) is 22.1. The van der Waals surface area contributed by atoms with E-state index in [2.05, 4.69) is 15.5 Å². The number of carbonyl (C=O) groups is 3. The summed E-state index contributed by atoms with van der Waals surface area (Å²) in [5.74, 6) is -1.60. The number of anilines is 1. The normalized spacial score (nSPS) is 15.6. The Hall–Kier alpha value is -4.12. The second-order valence-electron chi connectivity index (χ2n) is 9.94. The molecule has 0 aromatic heterocycles. The van der Waals surface area contributed by atoms with Gasteiger partial charge in [0.2, 0.25) is 5.91 Å². The predicted molar refractivity (Wildman–Crippen MR) is 148 cm³/mol. The van der Waals surface area contributed by atoms with Crippen molar-refractivity contribution < 1.29 is 29.1 Å². The molecular formula is C30H33FN4O5. The number of amides is 3. The Labute approximate surface area is 232 Å². The molecule has 0 aliphatic carbocycles. The maximum Gasteiger partial charge on any atom is 0.268 e. The van der Waals surface area contributed by atoms with Gasteiger partial charge in [0.15, 0.2) is 0 Å². The number of aliphatic hydroxyl groups is 1. The summed E-state index contributed by atoms with van der Waals surface area (Å²) in [4.78, 5) is 38.8. The Balaban J connectivity index is 1.27. The number of halogens is 1. The highest BCUT2D eigenvalue weighted by Gasteiger charge is 2.26. The minimum atomic E-state index is -1.30. The molecule has 210 valence electrons. The molecule has 40 heavy (non-hydrogen) atoms. The zero-order chi connectivity index (χ0) is 28.6. The highest BCUT2D eigenvalue weighted by molar-refractivity contribution is 5.98. The maximum absolute atomic E-state index is 14.1. The molecule has 0 unspecified atom stereocenters. The first-order valence-corrected chi connectivity index (χ1v) is 13.1. The lowest BCUT2D eigenvalue weighted by atomic mass is 9.89. The van der Waals surface area contributed by atoms with Crippen LogP contribution in [0.5, 0.6) is 0 Å². The molecule has 2 atom stereocenters. The highest BCUT2D eigenvalue weighted by atomic mass is 19.1. The van der Waals surface area contributed by atoms with Crippen LogP contribution >= 0.6 is 0 Å². The van der Waals surface area contributed by atoms with Crippen molar-refractivity contribution in [2.45, 2.75) is 37.8 Å². The van der Waals surface area contributed by atoms with Crippen molar-refractivity contribution in [3.05, 3.63) is 89.7 Å². The second kappa shape index (κ2) is 13.3. The number of hydroxylamine groups is 1. The second-order valence-corrected chi connectivity index (χ2v) is 9.94. The Kier molecular flexibility index (Phi) is 9.60. The summed E-state index contributed by atoms with van der Waals surface area (Å²) < 4.78 is 14.1. The first-order chi connectivity index (χ1) is 19.2. The summed E-state index contributed by atoms with van der Waals surface area (Å²) in [6.07, 6.45) is 0.414. The molecule has 0 bridgehead atoms. The van der Waals surface area contributed by atoms with Gasteiger partial charge in [0.1, 0.15) is 11.9 Å². The molecule has 9 nitrogen and oxygen atoms in total. The topological polar surface area (TPSA) is 131 Å². The Morgan fingerprint density at radius 1 is 0.950 bits per heavy atom. The van der Waals surface area contributed by atoms with Crippen LogP contribution in [0.1, 0.15) is 41.6 Å². The molecule has 1 fully saturated rings. The third kappa shape index (κ3) is 7.29. The Morgan fingerprint density at radius 2 is 1.55 bits per heavy atom. The van der Waals surface area contributed by atoms with Crippen molar-refractivity contribution in [3.63, 3.8) is 0 Å². The van der Waals surface area contributed by atoms with Gasteiger partial charge in [0.25, 0.3) is 11.8 Å². The standard InChI is InChI=1S/C30H33FN4O5/c1-19(36)28(30(39)34-40)33-29(38)23-8-6-20(7-9-23)21-10-12-24(13-11-21)32-27(37)18-35-16-14-22(15-17-35)25-4-2-3-5-26(25)31/h2-13,19,22,28,36,40H,14-18H2,1H3,(H,32,37)(H,33,38)(H,34,39)/t19-,28+/m1/s1. The number of hydrogen-bond acceptors (Lipinski definition) is 6. The number of likely N-dealkylation sites (tertiary alicyclic amines) is 1. The highest BCUT2D eigenvalue weighted by Crippen LogP contribution is 2.29. The van der Waals surface area contributed by atoms with Crippen molar-refractivity contribution in [1.82, 2.24) is 15.7 Å². The zero-order valence-electron chi connectivity index (χ0n) is 22.1. The van der Waals surface area contributed by atoms with Gasteiger partial charge in [-0.3, -0.25) is 24.5 Å². The molecule has 0 spiro atoms. The third-order valence-electron chi connectivity index (χ3n) is 7.11. The Bertz CT molecular complexity index is 1320. The van der Waals surface area contributed by atoms with Gasteiger partial charge >= 0.3 is 0 Å². The fourth-order valence-corrected chi connectivity index (χ4v) is 4.87. The number of aliphatic hydroxyl groups excluding tert-OH is 1. The van der Waals surface area contributed by atoms with Gasteiger partial charge in [-0.2, -0.15) is 0 Å². The van der Waals surface area contributed by atoms with Gasteiger partial charge in [0.05, 0.1) is 12.6 Å². The lowest BCUT2D eigenvalue weighted by Gasteiger charge is -2.31. The molecule has 1 aliphatic heterocycles. The van der Waals surface area contributed by atoms with Crippen LogP contribution in [0.25, 0.3) is 11.1 Å². The van der Waals surface area contributed by atoms with Crippen LogP contribution in [0.4, 0.5) is 10.1 Å². The van der Waals surface area contributed by atoms with Crippen molar-refractivity contribution in [3.8, 4) is 11.1 Å². The molecular weight excluding hydrogens is 515 g/mol. The maximum atomic E-state index is 14.1. The van der Waals surface area contributed by atoms with Crippen LogP contribution in [0.3, 0.4) is 0 Å². The Morgan fingerprint density at radius 3 is 2.12 bits per heavy atom. The molecule has 1 aliphatic rings. The third-order valence-corrected chi connectivity index (χ3v) is 7.11. The van der Waals surface area contributed by atoms with E-state index in [-0.39, 0.29) is 29.8 Å². The van der Waals surface area contributed by atoms with Gasteiger partial charge in [0, 0.05) is 11.3 Å². The molecule has 10 heteroatoms. The smallest absolute Gasteiger partial charge is 0.268 e. The van der Waals surface area contributed by atoms with Gasteiger partial charge in [-0.1, -0.05) is 42.5 Å². The van der Waals surface area contributed by atoms with E-state index in [1.54, 1.807) is 42.5 Å². The minimum Gasteiger partial charge on any atom is -0.391 e. The predicted octanol–water partition coefficient (Wildman–Crippen LogP) is 3.30. The fourth-order valence-electron chi connectivity index (χ4n) is 4.87. The average Bonchev–Trinajstić information content (AvgIpc) is 2.96. The van der Waals surface area contributed by atoms with E-state index < -0.39 is 24.0 Å². The van der Waals surface area contributed by atoms with Crippen LogP contribution < -0.4 is 16.1 Å². The van der Waals surface area contributed by atoms with Crippen LogP contribution in [0, 0.1) is 5.82 Å². The summed E-state index contributed by atoms with van der Waals surface area (Å²) in [5.41, 5.74) is 4.84. The molecule has 3 aromatic rings. The molecule has 5 N–H and O–H groups in total. The number of hydrogen-bond donors (Lipinski definition) is 5. The van der Waals surface area contributed by atoms with E-state index in [1.165, 1.54) is 18.5 Å². The van der Waals surface area contributed by atoms with Crippen molar-refractivity contribution in [1.29, 1.82) is 0 Å². The molecule has 4 rings (SSSR count).